The van der Waals surface area contributed by atoms with E-state index in [0.717, 1.165) is 23.7 Å². The fourth-order valence-electron chi connectivity index (χ4n) is 4.21. The lowest BCUT2D eigenvalue weighted by Crippen LogP contribution is -2.20. The van der Waals surface area contributed by atoms with E-state index in [2.05, 4.69) is 50.0 Å². The van der Waals surface area contributed by atoms with E-state index in [0.29, 0.717) is 24.1 Å². The van der Waals surface area contributed by atoms with E-state index < -0.39 is 11.1 Å². The maximum absolute atomic E-state index is 12.1. The summed E-state index contributed by atoms with van der Waals surface area (Å²) in [5, 5.41) is 18.0. The van der Waals surface area contributed by atoms with E-state index in [1.165, 1.54) is 41.4 Å². The van der Waals surface area contributed by atoms with Crippen molar-refractivity contribution in [3.8, 4) is 5.75 Å². The van der Waals surface area contributed by atoms with Gasteiger partial charge >= 0.3 is 6.16 Å². The van der Waals surface area contributed by atoms with Gasteiger partial charge in [0.25, 0.3) is 11.2 Å². The molecule has 1 fully saturated rings. The first-order chi connectivity index (χ1) is 19.2. The van der Waals surface area contributed by atoms with Gasteiger partial charge in [0, 0.05) is 49.6 Å². The Kier molecular flexibility index (Phi) is 12.2. The molecule has 0 aliphatic heterocycles. The van der Waals surface area contributed by atoms with Gasteiger partial charge in [0.2, 0.25) is 0 Å². The third kappa shape index (κ3) is 10.8. The van der Waals surface area contributed by atoms with E-state index in [9.17, 15) is 19.7 Å². The molecule has 41 heavy (non-hydrogen) atoms. The fraction of sp³-hybridized carbons (Fsp3) is 0.533. The third-order valence-electron chi connectivity index (χ3n) is 7.31. The zero-order valence-electron chi connectivity index (χ0n) is 25.3. The number of allylic oxidation sites excluding steroid dienone is 2. The molecular formula is C30H43N5O6. The molecular weight excluding hydrogens is 526 g/mol. The highest BCUT2D eigenvalue weighted by Crippen LogP contribution is 2.30. The number of aromatic nitrogens is 2. The molecule has 1 heterocycles. The third-order valence-corrected chi connectivity index (χ3v) is 7.31. The number of nitro groups is 1. The number of carbonyl (C=O) groups excluding carboxylic acids is 1. The number of aryl methyl sites for hydroxylation is 1. The first kappa shape index (κ1) is 33.2. The number of nitrogens with one attached hydrogen (secondary N) is 1. The van der Waals surface area contributed by atoms with Crippen LogP contribution in [0.3, 0.4) is 0 Å². The molecule has 1 aliphatic carbocycles. The van der Waals surface area contributed by atoms with Crippen LogP contribution in [0, 0.1) is 27.4 Å². The van der Waals surface area contributed by atoms with E-state index in [1.54, 1.807) is 20.2 Å². The molecule has 2 aromatic rings. The van der Waals surface area contributed by atoms with Crippen molar-refractivity contribution in [2.75, 3.05) is 12.4 Å². The van der Waals surface area contributed by atoms with Crippen LogP contribution in [0.2, 0.25) is 0 Å². The van der Waals surface area contributed by atoms with Crippen LogP contribution >= 0.6 is 0 Å². The number of hydrogen-bond acceptors (Lipinski definition) is 9. The summed E-state index contributed by atoms with van der Waals surface area (Å²) in [7, 11) is 3.29. The standard InChI is InChI=1S/C22H25N5O6.C8H18/c1-14(24-20-10-11-21(28)26(3)25-20)12-19(23-2)15-4-7-18(13-15)33-22(29)32-17-8-5-16(6-9-17)27(30)31;1-6-7(2)8(3,4)5/h5-6,8-12,15,18H,4,7,13H2,1-3H3,(H,24,25);7H,6H2,1-5H3/b14-12+,23-19?;. The van der Waals surface area contributed by atoms with Crippen molar-refractivity contribution in [1.29, 1.82) is 0 Å². The minimum atomic E-state index is -0.848. The number of aliphatic imine (C=N–C) groups is 1. The number of rotatable bonds is 8. The molecule has 1 N–H and O–H groups in total. The molecule has 3 rings (SSSR count). The van der Waals surface area contributed by atoms with E-state index in [-0.39, 0.29) is 29.0 Å². The predicted octanol–water partition coefficient (Wildman–Crippen LogP) is 6.54. The maximum Gasteiger partial charge on any atom is 0.514 e. The van der Waals surface area contributed by atoms with Crippen molar-refractivity contribution in [1.82, 2.24) is 9.78 Å². The topological polar surface area (TPSA) is 138 Å². The summed E-state index contributed by atoms with van der Waals surface area (Å²) in [5.74, 6) is 1.68. The summed E-state index contributed by atoms with van der Waals surface area (Å²) >= 11 is 0. The Hall–Kier alpha value is -4.02. The molecule has 0 bridgehead atoms. The summed E-state index contributed by atoms with van der Waals surface area (Å²) in [4.78, 5) is 38.1. The highest BCUT2D eigenvalue weighted by Gasteiger charge is 2.30. The van der Waals surface area contributed by atoms with Gasteiger partial charge in [0.1, 0.15) is 11.9 Å². The van der Waals surface area contributed by atoms with Gasteiger partial charge < -0.3 is 14.8 Å². The Balaban J connectivity index is 0.000000642. The zero-order chi connectivity index (χ0) is 30.7. The molecule has 0 amide bonds. The lowest BCUT2D eigenvalue weighted by atomic mass is 9.81. The first-order valence-electron chi connectivity index (χ1n) is 13.8. The summed E-state index contributed by atoms with van der Waals surface area (Å²) in [6.45, 7) is 13.3. The Labute approximate surface area is 241 Å². The van der Waals surface area contributed by atoms with Gasteiger partial charge in [-0.15, -0.1) is 0 Å². The molecule has 1 aromatic heterocycles. The quantitative estimate of drug-likeness (QED) is 0.124. The molecule has 0 radical (unpaired) electrons. The van der Waals surface area contributed by atoms with Gasteiger partial charge in [-0.05, 0) is 61.8 Å². The van der Waals surface area contributed by atoms with Crippen LogP contribution in [0.4, 0.5) is 16.3 Å². The second-order valence-corrected chi connectivity index (χ2v) is 11.3. The molecule has 1 saturated carbocycles. The monoisotopic (exact) mass is 569 g/mol. The lowest BCUT2D eigenvalue weighted by Gasteiger charge is -2.25. The average molecular weight is 570 g/mol. The second-order valence-electron chi connectivity index (χ2n) is 11.3. The molecule has 1 aromatic carbocycles. The summed E-state index contributed by atoms with van der Waals surface area (Å²) < 4.78 is 11.8. The molecule has 224 valence electrons. The summed E-state index contributed by atoms with van der Waals surface area (Å²) in [6.07, 6.45) is 4.11. The van der Waals surface area contributed by atoms with E-state index in [1.807, 2.05) is 13.0 Å². The Morgan fingerprint density at radius 2 is 1.90 bits per heavy atom. The van der Waals surface area contributed by atoms with Crippen LogP contribution < -0.4 is 15.6 Å². The molecule has 0 spiro atoms. The van der Waals surface area contributed by atoms with Gasteiger partial charge in [-0.1, -0.05) is 41.0 Å². The Bertz CT molecular complexity index is 1290. The summed E-state index contributed by atoms with van der Waals surface area (Å²) in [5.41, 5.74) is 1.89. The number of non-ortho nitro benzene ring substituents is 1. The fourth-order valence-corrected chi connectivity index (χ4v) is 4.21. The SMILES string of the molecule is CCC(C)C(C)(C)C.CN=C(/C=C(\C)Nc1ccc(=O)n(C)n1)C1CCC(OC(=O)Oc2ccc([N+](=O)[O-])cc2)C1. The minimum Gasteiger partial charge on any atom is -0.431 e. The van der Waals surface area contributed by atoms with Crippen molar-refractivity contribution in [3.05, 3.63) is 68.6 Å². The van der Waals surface area contributed by atoms with Gasteiger partial charge in [0.15, 0.2) is 5.82 Å². The van der Waals surface area contributed by atoms with Crippen molar-refractivity contribution in [2.24, 2.45) is 29.3 Å². The molecule has 11 heteroatoms. The van der Waals surface area contributed by atoms with Crippen LogP contribution in [-0.4, -0.2) is 39.7 Å². The number of benzene rings is 1. The number of hydrogen-bond donors (Lipinski definition) is 1. The van der Waals surface area contributed by atoms with E-state index in [4.69, 9.17) is 9.47 Å². The highest BCUT2D eigenvalue weighted by molar-refractivity contribution is 5.97. The number of nitro benzene ring substituents is 1. The van der Waals surface area contributed by atoms with E-state index >= 15 is 0 Å². The largest absolute Gasteiger partial charge is 0.514 e. The lowest BCUT2D eigenvalue weighted by molar-refractivity contribution is -0.384. The number of nitrogens with zero attached hydrogens (tertiary/aromatic N) is 4. The molecule has 1 aliphatic rings. The number of ether oxygens (including phenoxy) is 2. The smallest absolute Gasteiger partial charge is 0.431 e. The molecule has 3 atom stereocenters. The first-order valence-corrected chi connectivity index (χ1v) is 13.8. The number of carbonyl (C=O) groups is 1. The van der Waals surface area contributed by atoms with Crippen LogP contribution in [0.1, 0.15) is 67.2 Å². The minimum absolute atomic E-state index is 0.0920. The van der Waals surface area contributed by atoms with Crippen LogP contribution in [0.25, 0.3) is 0 Å². The van der Waals surface area contributed by atoms with Crippen LogP contribution in [-0.2, 0) is 11.8 Å². The molecule has 0 saturated heterocycles. The van der Waals surface area contributed by atoms with Gasteiger partial charge in [-0.3, -0.25) is 19.9 Å². The second kappa shape index (κ2) is 15.1. The summed E-state index contributed by atoms with van der Waals surface area (Å²) in [6, 6.07) is 8.25. The van der Waals surface area contributed by atoms with Crippen LogP contribution in [0.5, 0.6) is 5.75 Å². The van der Waals surface area contributed by atoms with Crippen molar-refractivity contribution < 1.29 is 19.2 Å². The normalized spacial score (nSPS) is 18.1. The maximum atomic E-state index is 12.1. The van der Waals surface area contributed by atoms with Gasteiger partial charge in [-0.25, -0.2) is 9.48 Å². The molecule has 3 unspecified atom stereocenters. The Morgan fingerprint density at radius 3 is 2.41 bits per heavy atom. The molecule has 11 nitrogen and oxygen atoms in total. The predicted molar refractivity (Wildman–Crippen MR) is 160 cm³/mol. The van der Waals surface area contributed by atoms with Gasteiger partial charge in [-0.2, -0.15) is 5.10 Å². The Morgan fingerprint density at radius 1 is 1.24 bits per heavy atom. The number of anilines is 1. The average Bonchev–Trinajstić information content (AvgIpc) is 3.37. The van der Waals surface area contributed by atoms with Gasteiger partial charge in [0.05, 0.1) is 4.92 Å². The highest BCUT2D eigenvalue weighted by atomic mass is 16.7. The van der Waals surface area contributed by atoms with Crippen molar-refractivity contribution in [3.63, 3.8) is 0 Å². The van der Waals surface area contributed by atoms with Crippen molar-refractivity contribution >= 4 is 23.4 Å². The van der Waals surface area contributed by atoms with Crippen LogP contribution in [0.15, 0.2) is 58.0 Å². The zero-order valence-corrected chi connectivity index (χ0v) is 25.3. The van der Waals surface area contributed by atoms with Crippen molar-refractivity contribution in [2.45, 2.75) is 73.3 Å².